The Morgan fingerprint density at radius 1 is 0.933 bits per heavy atom. The van der Waals surface area contributed by atoms with E-state index in [1.807, 2.05) is 0 Å². The molecule has 0 aromatic carbocycles. The molecule has 3 heteroatoms. The summed E-state index contributed by atoms with van der Waals surface area (Å²) in [5.74, 6) is 0. The van der Waals surface area contributed by atoms with Gasteiger partial charge in [-0.15, -0.1) is 0 Å². The second-order valence-corrected chi connectivity index (χ2v) is 4.44. The fourth-order valence-corrected chi connectivity index (χ4v) is 2.03. The predicted molar refractivity (Wildman–Crippen MR) is 59.8 cm³/mol. The molecule has 0 amide bonds. The second-order valence-electron chi connectivity index (χ2n) is 4.44. The number of rotatable bonds is 7. The largest absolute Gasteiger partial charge is 0.396 e. The molecule has 0 unspecified atom stereocenters. The highest BCUT2D eigenvalue weighted by molar-refractivity contribution is 4.71. The molecule has 0 aliphatic heterocycles. The van der Waals surface area contributed by atoms with Crippen LogP contribution in [0.3, 0.4) is 0 Å². The van der Waals surface area contributed by atoms with Crippen LogP contribution in [0.5, 0.6) is 0 Å². The Bertz CT molecular complexity index is 142. The molecule has 0 spiro atoms. The molecule has 1 aliphatic carbocycles. The average molecular weight is 216 g/mol. The van der Waals surface area contributed by atoms with Crippen LogP contribution in [0.15, 0.2) is 0 Å². The molecule has 1 aliphatic rings. The molecule has 2 N–H and O–H groups in total. The first-order chi connectivity index (χ1) is 7.33. The van der Waals surface area contributed by atoms with Crippen molar-refractivity contribution >= 4 is 0 Å². The molecular formula is C12H24O3. The van der Waals surface area contributed by atoms with E-state index in [1.54, 1.807) is 0 Å². The Labute approximate surface area is 92.4 Å². The molecule has 0 bridgehead atoms. The van der Waals surface area contributed by atoms with Crippen molar-refractivity contribution in [1.82, 2.24) is 0 Å². The second kappa shape index (κ2) is 8.08. The van der Waals surface area contributed by atoms with Crippen LogP contribution >= 0.6 is 0 Å². The van der Waals surface area contributed by atoms with E-state index in [1.165, 1.54) is 0 Å². The van der Waals surface area contributed by atoms with E-state index in [9.17, 15) is 5.11 Å². The minimum Gasteiger partial charge on any atom is -0.396 e. The Hall–Kier alpha value is -0.120. The molecule has 0 heterocycles. The van der Waals surface area contributed by atoms with E-state index in [0.717, 1.165) is 58.0 Å². The first-order valence-electron chi connectivity index (χ1n) is 6.23. The number of ether oxygens (including phenoxy) is 1. The number of hydrogen-bond donors (Lipinski definition) is 2. The number of aliphatic hydroxyl groups excluding tert-OH is 2. The number of unbranched alkanes of at least 4 members (excludes halogenated alkanes) is 3. The van der Waals surface area contributed by atoms with Gasteiger partial charge >= 0.3 is 0 Å². The number of aliphatic hydroxyl groups is 2. The van der Waals surface area contributed by atoms with Gasteiger partial charge in [-0.3, -0.25) is 0 Å². The van der Waals surface area contributed by atoms with Crippen molar-refractivity contribution in [1.29, 1.82) is 0 Å². The lowest BCUT2D eigenvalue weighted by Crippen LogP contribution is -2.24. The summed E-state index contributed by atoms with van der Waals surface area (Å²) in [4.78, 5) is 0. The van der Waals surface area contributed by atoms with E-state index >= 15 is 0 Å². The fraction of sp³-hybridized carbons (Fsp3) is 1.00. The SMILES string of the molecule is OCCCCCCOC1CCC(O)CC1. The third-order valence-electron chi connectivity index (χ3n) is 3.05. The van der Waals surface area contributed by atoms with Gasteiger partial charge in [0.1, 0.15) is 0 Å². The molecule has 0 saturated heterocycles. The third-order valence-corrected chi connectivity index (χ3v) is 3.05. The maximum atomic E-state index is 9.32. The summed E-state index contributed by atoms with van der Waals surface area (Å²) >= 11 is 0. The summed E-state index contributed by atoms with van der Waals surface area (Å²) in [7, 11) is 0. The van der Waals surface area contributed by atoms with Gasteiger partial charge in [-0.2, -0.15) is 0 Å². The molecule has 15 heavy (non-hydrogen) atoms. The van der Waals surface area contributed by atoms with Crippen LogP contribution in [0.4, 0.5) is 0 Å². The molecule has 1 rings (SSSR count). The monoisotopic (exact) mass is 216 g/mol. The summed E-state index contributed by atoms with van der Waals surface area (Å²) in [6.45, 7) is 1.15. The van der Waals surface area contributed by atoms with Crippen LogP contribution in [0, 0.1) is 0 Å². The maximum absolute atomic E-state index is 9.32. The Morgan fingerprint density at radius 2 is 1.60 bits per heavy atom. The zero-order valence-electron chi connectivity index (χ0n) is 9.53. The standard InChI is InChI=1S/C12H24O3/c13-9-3-1-2-4-10-15-12-7-5-11(14)6-8-12/h11-14H,1-10H2. The summed E-state index contributed by atoms with van der Waals surface area (Å²) in [6.07, 6.45) is 8.37. The minimum atomic E-state index is -0.0885. The zero-order valence-corrected chi connectivity index (χ0v) is 9.53. The maximum Gasteiger partial charge on any atom is 0.0577 e. The molecule has 0 aromatic rings. The van der Waals surface area contributed by atoms with E-state index in [-0.39, 0.29) is 6.10 Å². The van der Waals surface area contributed by atoms with E-state index in [4.69, 9.17) is 9.84 Å². The summed E-state index contributed by atoms with van der Waals surface area (Å²) in [5.41, 5.74) is 0. The lowest BCUT2D eigenvalue weighted by molar-refractivity contribution is -0.00451. The molecular weight excluding hydrogens is 192 g/mol. The van der Waals surface area contributed by atoms with Crippen molar-refractivity contribution in [2.24, 2.45) is 0 Å². The quantitative estimate of drug-likeness (QED) is 0.639. The van der Waals surface area contributed by atoms with Gasteiger partial charge in [-0.25, -0.2) is 0 Å². The molecule has 0 atom stereocenters. The van der Waals surface area contributed by atoms with Crippen LogP contribution < -0.4 is 0 Å². The van der Waals surface area contributed by atoms with Gasteiger partial charge in [0.05, 0.1) is 12.2 Å². The van der Waals surface area contributed by atoms with Crippen molar-refractivity contribution < 1.29 is 14.9 Å². The Kier molecular flexibility index (Phi) is 6.98. The third kappa shape index (κ3) is 6.13. The Balaban J connectivity index is 1.87. The summed E-state index contributed by atoms with van der Waals surface area (Å²) in [5, 5.41) is 17.9. The van der Waals surface area contributed by atoms with Crippen LogP contribution in [0.2, 0.25) is 0 Å². The summed E-state index contributed by atoms with van der Waals surface area (Å²) in [6, 6.07) is 0. The molecule has 0 radical (unpaired) electrons. The lowest BCUT2D eigenvalue weighted by atomic mass is 9.95. The first-order valence-corrected chi connectivity index (χ1v) is 6.23. The van der Waals surface area contributed by atoms with E-state index < -0.39 is 0 Å². The molecule has 0 aromatic heterocycles. The zero-order chi connectivity index (χ0) is 10.9. The minimum absolute atomic E-state index is 0.0885. The van der Waals surface area contributed by atoms with Crippen LogP contribution in [-0.4, -0.2) is 35.6 Å². The van der Waals surface area contributed by atoms with Crippen molar-refractivity contribution in [2.45, 2.75) is 63.6 Å². The van der Waals surface area contributed by atoms with Crippen LogP contribution in [-0.2, 0) is 4.74 Å². The van der Waals surface area contributed by atoms with E-state index in [2.05, 4.69) is 0 Å². The van der Waals surface area contributed by atoms with Crippen LogP contribution in [0.25, 0.3) is 0 Å². The van der Waals surface area contributed by atoms with Gasteiger partial charge in [0.15, 0.2) is 0 Å². The smallest absolute Gasteiger partial charge is 0.0577 e. The lowest BCUT2D eigenvalue weighted by Gasteiger charge is -2.25. The van der Waals surface area contributed by atoms with Crippen molar-refractivity contribution in [3.8, 4) is 0 Å². The van der Waals surface area contributed by atoms with Crippen LogP contribution in [0.1, 0.15) is 51.4 Å². The van der Waals surface area contributed by atoms with E-state index in [0.29, 0.717) is 12.7 Å². The van der Waals surface area contributed by atoms with Crippen molar-refractivity contribution in [2.75, 3.05) is 13.2 Å². The van der Waals surface area contributed by atoms with Crippen molar-refractivity contribution in [3.63, 3.8) is 0 Å². The normalized spacial score (nSPS) is 26.8. The van der Waals surface area contributed by atoms with Crippen molar-refractivity contribution in [3.05, 3.63) is 0 Å². The highest BCUT2D eigenvalue weighted by Crippen LogP contribution is 2.21. The highest BCUT2D eigenvalue weighted by atomic mass is 16.5. The van der Waals surface area contributed by atoms with Gasteiger partial charge in [0, 0.05) is 13.2 Å². The Morgan fingerprint density at radius 3 is 2.27 bits per heavy atom. The van der Waals surface area contributed by atoms with Gasteiger partial charge in [0.25, 0.3) is 0 Å². The molecule has 3 nitrogen and oxygen atoms in total. The highest BCUT2D eigenvalue weighted by Gasteiger charge is 2.19. The summed E-state index contributed by atoms with van der Waals surface area (Å²) < 4.78 is 5.74. The van der Waals surface area contributed by atoms with Gasteiger partial charge in [-0.05, 0) is 38.5 Å². The predicted octanol–water partition coefficient (Wildman–Crippen LogP) is 1.86. The molecule has 1 fully saturated rings. The topological polar surface area (TPSA) is 49.7 Å². The number of hydrogen-bond acceptors (Lipinski definition) is 3. The van der Waals surface area contributed by atoms with Gasteiger partial charge in [0.2, 0.25) is 0 Å². The first kappa shape index (κ1) is 12.9. The van der Waals surface area contributed by atoms with Gasteiger partial charge < -0.3 is 14.9 Å². The average Bonchev–Trinajstić information content (AvgIpc) is 2.26. The molecule has 1 saturated carbocycles. The van der Waals surface area contributed by atoms with Gasteiger partial charge in [-0.1, -0.05) is 12.8 Å². The molecule has 90 valence electrons. The fourth-order valence-electron chi connectivity index (χ4n) is 2.03.